The maximum atomic E-state index is 15.1. The lowest BCUT2D eigenvalue weighted by Crippen LogP contribution is -2.60. The predicted octanol–water partition coefficient (Wildman–Crippen LogP) is 7.22. The van der Waals surface area contributed by atoms with Crippen molar-refractivity contribution in [3.63, 3.8) is 0 Å². The zero-order valence-corrected chi connectivity index (χ0v) is 46.9. The number of nitrogens with zero attached hydrogens (tertiary/aromatic N) is 8. The van der Waals surface area contributed by atoms with Crippen molar-refractivity contribution in [2.75, 3.05) is 67.1 Å². The highest BCUT2D eigenvalue weighted by Gasteiger charge is 2.65. The maximum Gasteiger partial charge on any atom is 0.324 e. The summed E-state index contributed by atoms with van der Waals surface area (Å²) in [5.41, 5.74) is 9.48. The summed E-state index contributed by atoms with van der Waals surface area (Å²) in [6.45, 7) is 15.0. The van der Waals surface area contributed by atoms with Gasteiger partial charge in [0.2, 0.25) is 11.8 Å². The lowest BCUT2D eigenvalue weighted by molar-refractivity contribution is -0.156. The van der Waals surface area contributed by atoms with E-state index in [4.69, 9.17) is 19.4 Å². The van der Waals surface area contributed by atoms with Crippen molar-refractivity contribution < 1.29 is 33.4 Å². The highest BCUT2D eigenvalue weighted by molar-refractivity contribution is 8.09. The van der Waals surface area contributed by atoms with E-state index in [0.29, 0.717) is 45.1 Å². The largest absolute Gasteiger partial charge is 0.464 e. The number of benzene rings is 1. The van der Waals surface area contributed by atoms with Gasteiger partial charge in [-0.15, -0.1) is 23.1 Å². The SMILES string of the molecule is CCn1c2c3c4cc(ccc41)-c1csc(n1)C[C@@]1(SC1NC(=O)[C@H](C(C)C)N(C)C(=O)N1CCC4(CCN(C(=O)/C=C/[C@H]5CCCN5C)C4)CC1)C(=O)N1CCC[C@H](N1)C(=O)OCC(C)(C)C3[C@H](OC)c1ncccc1-2. The van der Waals surface area contributed by atoms with Crippen LogP contribution in [0.4, 0.5) is 4.79 Å². The van der Waals surface area contributed by atoms with Crippen molar-refractivity contribution in [3.05, 3.63) is 70.3 Å². The number of aryl methyl sites for hydroxylation is 1. The summed E-state index contributed by atoms with van der Waals surface area (Å²) in [5.74, 6) is -1.43. The number of carbonyl (C=O) groups is 5. The fourth-order valence-corrected chi connectivity index (χ4v) is 15.8. The van der Waals surface area contributed by atoms with Crippen molar-refractivity contribution >= 4 is 63.7 Å². The number of fused-ring (bicyclic) bond motifs is 8. The van der Waals surface area contributed by atoms with Gasteiger partial charge in [-0.05, 0) is 107 Å². The van der Waals surface area contributed by atoms with Crippen LogP contribution in [0.3, 0.4) is 0 Å². The van der Waals surface area contributed by atoms with Crippen LogP contribution in [0.15, 0.2) is 54.1 Å². The number of nitrogens with one attached hydrogen (secondary N) is 2. The Morgan fingerprint density at radius 3 is 2.53 bits per heavy atom. The first-order valence-electron chi connectivity index (χ1n) is 27.5. The van der Waals surface area contributed by atoms with Crippen LogP contribution in [0.2, 0.25) is 0 Å². The molecule has 406 valence electrons. The molecule has 6 aliphatic heterocycles. The highest BCUT2D eigenvalue weighted by atomic mass is 32.2. The van der Waals surface area contributed by atoms with Crippen LogP contribution < -0.4 is 10.7 Å². The Morgan fingerprint density at radius 2 is 1.80 bits per heavy atom. The number of methoxy groups -OCH3 is 1. The molecule has 7 atom stereocenters. The molecule has 3 aromatic heterocycles. The van der Waals surface area contributed by atoms with E-state index in [9.17, 15) is 19.2 Å². The van der Waals surface area contributed by atoms with E-state index < -0.39 is 39.7 Å². The molecular formula is C57H74N10O7S2. The van der Waals surface area contributed by atoms with Gasteiger partial charge < -0.3 is 34.1 Å². The number of likely N-dealkylation sites (N-methyl/N-ethyl adjacent to an activating group) is 2. The number of ether oxygens (including phenoxy) is 2. The van der Waals surface area contributed by atoms with Gasteiger partial charge in [-0.1, -0.05) is 39.8 Å². The number of hydrazine groups is 1. The zero-order valence-electron chi connectivity index (χ0n) is 45.3. The van der Waals surface area contributed by atoms with Gasteiger partial charge in [0.05, 0.1) is 28.7 Å². The zero-order chi connectivity index (χ0) is 53.4. The Bertz CT molecular complexity index is 2960. The molecule has 2 spiro atoms. The van der Waals surface area contributed by atoms with Crippen molar-refractivity contribution in [1.29, 1.82) is 0 Å². The third-order valence-corrected chi connectivity index (χ3v) is 20.2. The van der Waals surface area contributed by atoms with Crippen molar-refractivity contribution in [1.82, 2.24) is 49.9 Å². The van der Waals surface area contributed by atoms with Crippen molar-refractivity contribution in [2.24, 2.45) is 16.7 Å². The molecule has 2 N–H and O–H groups in total. The first kappa shape index (κ1) is 52.7. The average molecular weight is 1080 g/mol. The molecule has 1 aromatic carbocycles. The molecule has 5 fully saturated rings. The van der Waals surface area contributed by atoms with Crippen LogP contribution in [-0.4, -0.2) is 164 Å². The maximum absolute atomic E-state index is 15.1. The molecule has 2 unspecified atom stereocenters. The lowest BCUT2D eigenvalue weighted by atomic mass is 9.67. The Labute approximate surface area is 454 Å². The summed E-state index contributed by atoms with van der Waals surface area (Å²) in [6.07, 6.45) is 11.2. The van der Waals surface area contributed by atoms with Gasteiger partial charge in [-0.2, -0.15) is 0 Å². The standard InChI is InChI=1S/C57H74N10O7S2/c1-9-66-41-18-16-35-29-38(41)44-45(49(73-8)46-37(48(44)66)14-10-23-58-46)55(4,5)33-74-51(70)39-15-12-25-67(61-39)53(71)57(30-42-59-40(35)31-75-42)52(76-57)60-50(69)47(34(2)3)63(7)54(72)64-26-20-56(21-27-64)22-28-65(32-56)43(68)19-17-36-13-11-24-62(36)6/h10,14,16-19,23,29,31,34,36,39,45,47,49,52,61H,9,11-13,15,20-22,24-28,30,32-33H2,1-8H3,(H,60,69)/b19-17+/t36-,39+,45?,47+,49+,52?,57+/m1/s1. The van der Waals surface area contributed by atoms with E-state index in [-0.39, 0.29) is 54.0 Å². The second-order valence-corrected chi connectivity index (χ2v) is 25.9. The molecule has 9 heterocycles. The van der Waals surface area contributed by atoms with Gasteiger partial charge >= 0.3 is 12.0 Å². The lowest BCUT2D eigenvalue weighted by Gasteiger charge is -2.42. The monoisotopic (exact) mass is 1070 g/mol. The minimum absolute atomic E-state index is 0.0260. The molecule has 0 saturated carbocycles. The minimum atomic E-state index is -1.13. The van der Waals surface area contributed by atoms with Gasteiger partial charge in [0, 0.05) is 117 Å². The molecular weight excluding hydrogens is 1000 g/mol. The molecule has 17 nitrogen and oxygen atoms in total. The number of urea groups is 1. The summed E-state index contributed by atoms with van der Waals surface area (Å²) in [7, 11) is 5.53. The van der Waals surface area contributed by atoms with Crippen LogP contribution in [0.25, 0.3) is 33.4 Å². The Kier molecular flexibility index (Phi) is 14.2. The second-order valence-electron chi connectivity index (χ2n) is 23.5. The molecule has 0 radical (unpaired) electrons. The number of likely N-dealkylation sites (tertiary alicyclic amines) is 3. The third kappa shape index (κ3) is 9.32. The molecule has 19 heteroatoms. The summed E-state index contributed by atoms with van der Waals surface area (Å²) >= 11 is 2.87. The van der Waals surface area contributed by atoms with Crippen LogP contribution in [0.1, 0.15) is 108 Å². The van der Waals surface area contributed by atoms with Gasteiger partial charge in [-0.3, -0.25) is 34.1 Å². The summed E-state index contributed by atoms with van der Waals surface area (Å²) in [5, 5.41) is 8.01. The number of pyridine rings is 1. The molecule has 5 saturated heterocycles. The van der Waals surface area contributed by atoms with Gasteiger partial charge in [-0.25, -0.2) is 15.2 Å². The molecule has 1 aliphatic carbocycles. The summed E-state index contributed by atoms with van der Waals surface area (Å²) in [6, 6.07) is 9.10. The number of esters is 1. The Balaban J connectivity index is 0.838. The number of thioether (sulfide) groups is 1. The van der Waals surface area contributed by atoms with E-state index >= 15 is 4.79 Å². The quantitative estimate of drug-likeness (QED) is 0.103. The first-order valence-corrected chi connectivity index (χ1v) is 29.2. The van der Waals surface area contributed by atoms with Crippen molar-refractivity contribution in [3.8, 4) is 22.5 Å². The predicted molar refractivity (Wildman–Crippen MR) is 294 cm³/mol. The summed E-state index contributed by atoms with van der Waals surface area (Å²) < 4.78 is 13.9. The average Bonchev–Trinajstić information content (AvgIpc) is 4.08. The molecule has 11 rings (SSSR count). The van der Waals surface area contributed by atoms with E-state index in [1.807, 2.05) is 41.3 Å². The number of amides is 5. The number of cyclic esters (lactones) is 1. The van der Waals surface area contributed by atoms with E-state index in [0.717, 1.165) is 101 Å². The number of hydrogen-bond acceptors (Lipinski definition) is 13. The van der Waals surface area contributed by atoms with Crippen LogP contribution >= 0.6 is 23.1 Å². The Morgan fingerprint density at radius 1 is 1.04 bits per heavy atom. The molecule has 4 aromatic rings. The van der Waals surface area contributed by atoms with E-state index in [1.165, 1.54) is 23.1 Å². The fourth-order valence-electron chi connectivity index (χ4n) is 13.6. The number of carbonyl (C=O) groups excluding carboxylic acids is 5. The van der Waals surface area contributed by atoms with E-state index in [1.54, 1.807) is 30.1 Å². The number of rotatable bonds is 8. The molecule has 5 amide bonds. The van der Waals surface area contributed by atoms with Crippen molar-refractivity contribution in [2.45, 2.75) is 133 Å². The fraction of sp³-hybridized carbons (Fsp3) is 0.596. The van der Waals surface area contributed by atoms with Crippen LogP contribution in [-0.2, 0) is 41.6 Å². The number of aromatic nitrogens is 3. The van der Waals surface area contributed by atoms with Gasteiger partial charge in [0.25, 0.3) is 5.91 Å². The third-order valence-electron chi connectivity index (χ3n) is 17.9. The van der Waals surface area contributed by atoms with Crippen LogP contribution in [0, 0.1) is 16.7 Å². The Hall–Kier alpha value is -5.34. The minimum Gasteiger partial charge on any atom is -0.464 e. The second kappa shape index (κ2) is 20.5. The first-order chi connectivity index (χ1) is 36.5. The van der Waals surface area contributed by atoms with Gasteiger partial charge in [0.15, 0.2) is 0 Å². The molecule has 6 bridgehead atoms. The summed E-state index contributed by atoms with van der Waals surface area (Å²) in [4.78, 5) is 89.4. The number of hydrogen-bond donors (Lipinski definition) is 2. The smallest absolute Gasteiger partial charge is 0.324 e. The highest BCUT2D eigenvalue weighted by Crippen LogP contribution is 2.58. The topological polar surface area (TPSA) is 175 Å². The number of thiazole rings is 1. The van der Waals surface area contributed by atoms with Gasteiger partial charge in [0.1, 0.15) is 28.3 Å². The normalized spacial score (nSPS) is 27.5. The molecule has 76 heavy (non-hydrogen) atoms. The van der Waals surface area contributed by atoms with Crippen LogP contribution in [0.5, 0.6) is 0 Å². The number of piperidine rings is 1. The molecule has 7 aliphatic rings. The van der Waals surface area contributed by atoms with E-state index in [2.05, 4.69) is 78.4 Å².